The Hall–Kier alpha value is -2.99. The average Bonchev–Trinajstić information content (AvgIpc) is 3.32. The van der Waals surface area contributed by atoms with Crippen molar-refractivity contribution in [1.29, 1.82) is 0 Å². The van der Waals surface area contributed by atoms with Crippen molar-refractivity contribution in [3.05, 3.63) is 24.4 Å². The van der Waals surface area contributed by atoms with E-state index in [4.69, 9.17) is 4.74 Å². The minimum atomic E-state index is -4.55. The molecule has 10 nitrogen and oxygen atoms in total. The fourth-order valence-corrected chi connectivity index (χ4v) is 4.53. The van der Waals surface area contributed by atoms with E-state index in [0.717, 1.165) is 6.42 Å². The molecule has 2 aliphatic heterocycles. The van der Waals surface area contributed by atoms with Gasteiger partial charge in [0.1, 0.15) is 12.4 Å². The number of halogens is 3. The van der Waals surface area contributed by atoms with Crippen molar-refractivity contribution in [2.45, 2.75) is 37.6 Å². The molecule has 2 aromatic rings. The molecule has 2 aromatic heterocycles. The smallest absolute Gasteiger partial charge is 0.435 e. The molecule has 5 rings (SSSR count). The number of tetrazole rings is 1. The van der Waals surface area contributed by atoms with Gasteiger partial charge in [-0.25, -0.2) is 14.5 Å². The van der Waals surface area contributed by atoms with Gasteiger partial charge < -0.3 is 14.5 Å². The summed E-state index contributed by atoms with van der Waals surface area (Å²) in [6, 6.07) is 0.0959. The Kier molecular flexibility index (Phi) is 4.29. The third-order valence-electron chi connectivity index (χ3n) is 6.01. The number of rotatable bonds is 3. The van der Waals surface area contributed by atoms with Crippen LogP contribution in [0.4, 0.5) is 18.0 Å². The Labute approximate surface area is 169 Å². The lowest BCUT2D eigenvalue weighted by molar-refractivity contribution is -0.142. The lowest BCUT2D eigenvalue weighted by Crippen LogP contribution is -2.67. The fraction of sp³-hybridized carbons (Fsp3) is 0.647. The molecule has 13 heteroatoms. The van der Waals surface area contributed by atoms with E-state index in [1.54, 1.807) is 11.0 Å². The molecule has 0 N–H and O–H groups in total. The van der Waals surface area contributed by atoms with Crippen LogP contribution in [0.3, 0.4) is 0 Å². The van der Waals surface area contributed by atoms with Gasteiger partial charge in [0, 0.05) is 31.6 Å². The second-order valence-corrected chi connectivity index (χ2v) is 8.21. The van der Waals surface area contributed by atoms with Crippen molar-refractivity contribution in [3.8, 4) is 5.88 Å². The largest absolute Gasteiger partial charge is 0.473 e. The maximum absolute atomic E-state index is 12.7. The third kappa shape index (κ3) is 3.41. The van der Waals surface area contributed by atoms with Gasteiger partial charge in [-0.1, -0.05) is 0 Å². The standard InChI is InChI=1S/C17H19F3N8O2/c18-17(19,20)13-5-21-6-14(23-13)30-12-3-16(4-12)8-27(9-16)15(29)26-2-1-11(7-26)28-10-22-24-25-28/h5-6,10-12H,1-4,7-9H2. The zero-order chi connectivity index (χ0) is 20.9. The lowest BCUT2D eigenvalue weighted by atomic mass is 9.62. The fourth-order valence-electron chi connectivity index (χ4n) is 4.53. The number of carbonyl (C=O) groups excluding carboxylic acids is 1. The maximum atomic E-state index is 12.7. The van der Waals surface area contributed by atoms with E-state index in [1.165, 1.54) is 6.20 Å². The number of nitrogens with zero attached hydrogens (tertiary/aromatic N) is 8. The molecular formula is C17H19F3N8O2. The highest BCUT2D eigenvalue weighted by atomic mass is 19.4. The number of ether oxygens (including phenoxy) is 1. The number of hydrogen-bond donors (Lipinski definition) is 0. The van der Waals surface area contributed by atoms with E-state index < -0.39 is 11.9 Å². The summed E-state index contributed by atoms with van der Waals surface area (Å²) >= 11 is 0. The number of alkyl halides is 3. The normalized spacial score (nSPS) is 23.4. The van der Waals surface area contributed by atoms with Crippen molar-refractivity contribution < 1.29 is 22.7 Å². The molecule has 0 bridgehead atoms. The predicted molar refractivity (Wildman–Crippen MR) is 93.1 cm³/mol. The Bertz CT molecular complexity index is 923. The molecule has 160 valence electrons. The second kappa shape index (κ2) is 6.77. The highest BCUT2D eigenvalue weighted by Crippen LogP contribution is 2.50. The highest BCUT2D eigenvalue weighted by molar-refractivity contribution is 5.76. The van der Waals surface area contributed by atoms with Crippen molar-refractivity contribution >= 4 is 6.03 Å². The SMILES string of the molecule is O=C(N1CCC(n2cnnn2)C1)N1CC2(CC(Oc3cncc(C(F)(F)F)n3)C2)C1. The molecule has 3 fully saturated rings. The molecule has 2 saturated heterocycles. The Morgan fingerprint density at radius 2 is 2.00 bits per heavy atom. The summed E-state index contributed by atoms with van der Waals surface area (Å²) in [5, 5.41) is 11.2. The van der Waals surface area contributed by atoms with Gasteiger partial charge in [-0.15, -0.1) is 5.10 Å². The van der Waals surface area contributed by atoms with Crippen LogP contribution in [0.1, 0.15) is 31.0 Å². The minimum absolute atomic E-state index is 0.00399. The average molecular weight is 424 g/mol. The summed E-state index contributed by atoms with van der Waals surface area (Å²) in [7, 11) is 0. The molecule has 1 atom stereocenters. The second-order valence-electron chi connectivity index (χ2n) is 8.21. The van der Waals surface area contributed by atoms with Gasteiger partial charge >= 0.3 is 12.2 Å². The number of amides is 2. The summed E-state index contributed by atoms with van der Waals surface area (Å²) in [6.45, 7) is 2.50. The van der Waals surface area contributed by atoms with Gasteiger partial charge in [-0.2, -0.15) is 13.2 Å². The molecule has 4 heterocycles. The predicted octanol–water partition coefficient (Wildman–Crippen LogP) is 1.39. The van der Waals surface area contributed by atoms with Gasteiger partial charge in [0.25, 0.3) is 0 Å². The molecule has 3 aliphatic rings. The summed E-state index contributed by atoms with van der Waals surface area (Å²) < 4.78 is 45.4. The van der Waals surface area contributed by atoms with Gasteiger partial charge in [-0.3, -0.25) is 4.98 Å². The van der Waals surface area contributed by atoms with E-state index in [9.17, 15) is 18.0 Å². The van der Waals surface area contributed by atoms with Crippen LogP contribution in [-0.4, -0.2) is 78.3 Å². The van der Waals surface area contributed by atoms with Crippen molar-refractivity contribution in [1.82, 2.24) is 40.0 Å². The van der Waals surface area contributed by atoms with Crippen molar-refractivity contribution in [2.75, 3.05) is 26.2 Å². The van der Waals surface area contributed by atoms with Crippen molar-refractivity contribution in [3.63, 3.8) is 0 Å². The van der Waals surface area contributed by atoms with Crippen LogP contribution in [0.5, 0.6) is 5.88 Å². The van der Waals surface area contributed by atoms with E-state index in [-0.39, 0.29) is 29.5 Å². The monoisotopic (exact) mass is 424 g/mol. The molecule has 1 unspecified atom stereocenters. The lowest BCUT2D eigenvalue weighted by Gasteiger charge is -2.58. The number of carbonyl (C=O) groups is 1. The van der Waals surface area contributed by atoms with E-state index in [2.05, 4.69) is 25.5 Å². The summed E-state index contributed by atoms with van der Waals surface area (Å²) in [5.41, 5.74) is -1.08. The van der Waals surface area contributed by atoms with Crippen molar-refractivity contribution in [2.24, 2.45) is 5.41 Å². The molecular weight excluding hydrogens is 405 g/mol. The van der Waals surface area contributed by atoms with Gasteiger partial charge in [0.15, 0.2) is 5.69 Å². The first-order valence-electron chi connectivity index (χ1n) is 9.64. The zero-order valence-corrected chi connectivity index (χ0v) is 15.9. The molecule has 1 saturated carbocycles. The van der Waals surface area contributed by atoms with Crippen LogP contribution in [0.2, 0.25) is 0 Å². The molecule has 0 radical (unpaired) electrons. The summed E-state index contributed by atoms with van der Waals surface area (Å²) in [6.07, 6.45) is 0.823. The van der Waals surface area contributed by atoms with E-state index in [1.807, 2.05) is 9.80 Å². The van der Waals surface area contributed by atoms with Crippen LogP contribution in [0.25, 0.3) is 0 Å². The van der Waals surface area contributed by atoms with E-state index >= 15 is 0 Å². The summed E-state index contributed by atoms with van der Waals surface area (Å²) in [4.78, 5) is 23.4. The third-order valence-corrected chi connectivity index (χ3v) is 6.01. The number of likely N-dealkylation sites (tertiary alicyclic amines) is 2. The number of aromatic nitrogens is 6. The van der Waals surface area contributed by atoms with Crippen LogP contribution in [0, 0.1) is 5.41 Å². The molecule has 30 heavy (non-hydrogen) atoms. The number of urea groups is 1. The highest BCUT2D eigenvalue weighted by Gasteiger charge is 2.55. The van der Waals surface area contributed by atoms with Crippen LogP contribution in [-0.2, 0) is 6.18 Å². The van der Waals surface area contributed by atoms with Crippen LogP contribution in [0.15, 0.2) is 18.7 Å². The maximum Gasteiger partial charge on any atom is 0.435 e. The van der Waals surface area contributed by atoms with Gasteiger partial charge in [0.2, 0.25) is 5.88 Å². The minimum Gasteiger partial charge on any atom is -0.473 e. The zero-order valence-electron chi connectivity index (χ0n) is 15.9. The Morgan fingerprint density at radius 3 is 2.70 bits per heavy atom. The first-order chi connectivity index (χ1) is 14.3. The molecule has 1 aliphatic carbocycles. The molecule has 1 spiro atoms. The quantitative estimate of drug-likeness (QED) is 0.734. The summed E-state index contributed by atoms with van der Waals surface area (Å²) in [5.74, 6) is -0.123. The first kappa shape index (κ1) is 19.0. The molecule has 2 amide bonds. The van der Waals surface area contributed by atoms with Gasteiger partial charge in [-0.05, 0) is 29.7 Å². The topological polar surface area (TPSA) is 102 Å². The van der Waals surface area contributed by atoms with E-state index in [0.29, 0.717) is 45.2 Å². The van der Waals surface area contributed by atoms with Crippen LogP contribution >= 0.6 is 0 Å². The van der Waals surface area contributed by atoms with Crippen LogP contribution < -0.4 is 4.74 Å². The van der Waals surface area contributed by atoms with Gasteiger partial charge in [0.05, 0.1) is 18.4 Å². The molecule has 0 aromatic carbocycles. The first-order valence-corrected chi connectivity index (χ1v) is 9.64. The number of hydrogen-bond acceptors (Lipinski definition) is 7. The Morgan fingerprint density at radius 1 is 1.20 bits per heavy atom. The Balaban J connectivity index is 1.10.